The van der Waals surface area contributed by atoms with Gasteiger partial charge in [0.2, 0.25) is 17.7 Å². The van der Waals surface area contributed by atoms with Gasteiger partial charge in [0.25, 0.3) is 15.9 Å². The number of aromatic nitrogens is 3. The van der Waals surface area contributed by atoms with Gasteiger partial charge in [-0.3, -0.25) is 33.0 Å². The summed E-state index contributed by atoms with van der Waals surface area (Å²) in [5, 5.41) is 18.9. The van der Waals surface area contributed by atoms with Crippen molar-refractivity contribution in [3.05, 3.63) is 118 Å². The number of carbonyl (C=O) groups is 4. The van der Waals surface area contributed by atoms with Gasteiger partial charge in [0.05, 0.1) is 70.2 Å². The van der Waals surface area contributed by atoms with Crippen molar-refractivity contribution in [1.29, 1.82) is 0 Å². The number of nitrogens with one attached hydrogen (secondary N) is 4. The summed E-state index contributed by atoms with van der Waals surface area (Å²) in [5.41, 5.74) is 4.63. The number of rotatable bonds is 23. The Balaban J connectivity index is 0.860. The molecule has 2 aromatic heterocycles. The predicted octanol–water partition coefficient (Wildman–Crippen LogP) is 5.26. The number of hydrogen-bond acceptors (Lipinski definition) is 14. The molecule has 1 fully saturated rings. The zero-order valence-corrected chi connectivity index (χ0v) is 44.6. The number of anilines is 1. The van der Waals surface area contributed by atoms with Gasteiger partial charge in [-0.1, -0.05) is 64.1 Å². The number of benzene rings is 4. The monoisotopic (exact) mass is 1070 g/mol. The van der Waals surface area contributed by atoms with Crippen molar-refractivity contribution in [3.8, 4) is 27.7 Å². The Morgan fingerprint density at radius 3 is 2.29 bits per heavy atom. The minimum Gasteiger partial charge on any atom is -0.493 e. The van der Waals surface area contributed by atoms with Crippen molar-refractivity contribution in [2.24, 2.45) is 19.5 Å². The van der Waals surface area contributed by atoms with E-state index in [1.165, 1.54) is 44.4 Å². The Morgan fingerprint density at radius 2 is 1.59 bits per heavy atom. The Hall–Kier alpha value is -7.11. The molecule has 3 atom stereocenters. The van der Waals surface area contributed by atoms with Crippen LogP contribution >= 0.6 is 11.3 Å². The molecular weight excluding hydrogens is 1000 g/mol. The highest BCUT2D eigenvalue weighted by molar-refractivity contribution is 7.92. The number of nitrogens with zero attached hydrogens (tertiary/aromatic N) is 4. The summed E-state index contributed by atoms with van der Waals surface area (Å²) in [7, 11) is -1.14. The van der Waals surface area contributed by atoms with Crippen molar-refractivity contribution in [1.82, 2.24) is 35.0 Å². The molecule has 5 N–H and O–H groups in total. The molecule has 0 saturated carbocycles. The molecule has 1 saturated heterocycles. The third-order valence-corrected chi connectivity index (χ3v) is 14.7. The largest absolute Gasteiger partial charge is 0.493 e. The summed E-state index contributed by atoms with van der Waals surface area (Å²) < 4.78 is 56.3. The minimum atomic E-state index is -4.32. The van der Waals surface area contributed by atoms with E-state index in [0.717, 1.165) is 28.1 Å². The van der Waals surface area contributed by atoms with Crippen LogP contribution in [0.2, 0.25) is 0 Å². The number of aliphatic hydroxyl groups excluding tert-OH is 1. The van der Waals surface area contributed by atoms with E-state index in [4.69, 9.17) is 18.9 Å². The standard InChI is InChI=1S/C53H64N8O12S2/c1-8-20-72-38-12-10-13-39(26-38)73-45-28-43-42(59(6)52(67)60(43)7)27-41(45)58-75(68,69)40-14-9-11-36(24-40)49(64)54-19-21-70-22-23-71-31-46(63)57-48(53(3,4)5)51(66)61-30-37(62)25-44(61)50(65)55-29-34-15-17-35(18-16-34)47-33(2)56-32-74-47/h9-18,24,26-28,32,37,44,48,58,62H,8,19-23,25,29-31H2,1-7H3,(H,54,64)(H,55,65)(H,57,63)/t37-,44?,48-/m1/s1. The lowest BCUT2D eigenvalue weighted by Gasteiger charge is -2.35. The molecule has 0 spiro atoms. The second-order valence-corrected chi connectivity index (χ2v) is 21.7. The van der Waals surface area contributed by atoms with E-state index in [0.29, 0.717) is 29.1 Å². The first kappa shape index (κ1) is 55.6. The van der Waals surface area contributed by atoms with E-state index < -0.39 is 57.3 Å². The fourth-order valence-corrected chi connectivity index (χ4v) is 10.3. The first-order chi connectivity index (χ1) is 35.7. The summed E-state index contributed by atoms with van der Waals surface area (Å²) in [5.74, 6) is -0.968. The molecule has 75 heavy (non-hydrogen) atoms. The first-order valence-corrected chi connectivity index (χ1v) is 26.8. The zero-order chi connectivity index (χ0) is 54.0. The molecule has 20 nitrogen and oxygen atoms in total. The van der Waals surface area contributed by atoms with Crippen molar-refractivity contribution in [2.75, 3.05) is 50.8 Å². The van der Waals surface area contributed by atoms with Gasteiger partial charge >= 0.3 is 5.69 Å². The quantitative estimate of drug-likeness (QED) is 0.0515. The van der Waals surface area contributed by atoms with Gasteiger partial charge in [-0.15, -0.1) is 11.3 Å². The summed E-state index contributed by atoms with van der Waals surface area (Å²) in [6.45, 7) is 9.77. The lowest BCUT2D eigenvalue weighted by Crippen LogP contribution is -2.58. The molecule has 4 amide bonds. The Labute approximate surface area is 439 Å². The lowest BCUT2D eigenvalue weighted by atomic mass is 9.85. The van der Waals surface area contributed by atoms with E-state index in [2.05, 4.69) is 25.7 Å². The van der Waals surface area contributed by atoms with Crippen LogP contribution in [0.25, 0.3) is 21.5 Å². The number of hydrogen-bond donors (Lipinski definition) is 5. The van der Waals surface area contributed by atoms with Crippen LogP contribution in [0.3, 0.4) is 0 Å². The van der Waals surface area contributed by atoms with Crippen LogP contribution in [0.15, 0.2) is 100 Å². The number of thiazole rings is 1. The van der Waals surface area contributed by atoms with Crippen LogP contribution < -0.4 is 35.8 Å². The number of sulfonamides is 1. The average molecular weight is 1070 g/mol. The third-order valence-electron chi connectivity index (χ3n) is 12.4. The van der Waals surface area contributed by atoms with Crippen LogP contribution in [0.4, 0.5) is 5.69 Å². The number of aryl methyl sites for hydroxylation is 3. The molecule has 4 aromatic carbocycles. The molecule has 400 valence electrons. The minimum absolute atomic E-state index is 0.0105. The van der Waals surface area contributed by atoms with Crippen LogP contribution in [0, 0.1) is 12.3 Å². The maximum absolute atomic E-state index is 14.0. The van der Waals surface area contributed by atoms with Gasteiger partial charge in [0.15, 0.2) is 5.75 Å². The Morgan fingerprint density at radius 1 is 0.880 bits per heavy atom. The molecule has 0 bridgehead atoms. The second kappa shape index (κ2) is 24.5. The van der Waals surface area contributed by atoms with Crippen molar-refractivity contribution in [3.63, 3.8) is 0 Å². The lowest BCUT2D eigenvalue weighted by molar-refractivity contribution is -0.144. The first-order valence-electron chi connectivity index (χ1n) is 24.5. The van der Waals surface area contributed by atoms with Crippen LogP contribution in [0.1, 0.15) is 62.2 Å². The highest BCUT2D eigenvalue weighted by atomic mass is 32.2. The molecule has 1 unspecified atom stereocenters. The molecule has 6 aromatic rings. The molecule has 0 radical (unpaired) electrons. The van der Waals surface area contributed by atoms with Crippen LogP contribution in [-0.4, -0.2) is 120 Å². The smallest absolute Gasteiger partial charge is 0.328 e. The number of β-amino-alcohol motifs (C(OH)–C–C–N with tert-alkyl or cyclic N) is 1. The second-order valence-electron chi connectivity index (χ2n) is 19.2. The molecule has 1 aliphatic rings. The van der Waals surface area contributed by atoms with Crippen LogP contribution in [0.5, 0.6) is 17.2 Å². The number of imidazole rings is 1. The topological polar surface area (TPSA) is 251 Å². The SMILES string of the molecule is CCCOc1cccc(Oc2cc3c(cc2NS(=O)(=O)c2cccc(C(=O)NCCOCCOCC(=O)N[C@H](C(=O)N4C[C@H](O)CC4C(=O)NCc4ccc(-c5scnc5C)cc4)C(C)(C)C)c2)n(C)c(=O)n3C)c1. The van der Waals surface area contributed by atoms with Crippen molar-refractivity contribution < 1.29 is 51.6 Å². The summed E-state index contributed by atoms with van der Waals surface area (Å²) in [6.07, 6.45) is -0.0641. The fourth-order valence-electron chi connectivity index (χ4n) is 8.38. The zero-order valence-electron chi connectivity index (χ0n) is 43.0. The summed E-state index contributed by atoms with van der Waals surface area (Å²) in [6, 6.07) is 21.3. The molecule has 1 aliphatic heterocycles. The molecule has 3 heterocycles. The molecule has 22 heteroatoms. The number of ether oxygens (including phenoxy) is 4. The highest BCUT2D eigenvalue weighted by Gasteiger charge is 2.44. The van der Waals surface area contributed by atoms with E-state index in [1.54, 1.807) is 82.0 Å². The molecule has 0 aliphatic carbocycles. The number of amides is 4. The number of carbonyl (C=O) groups excluding carboxylic acids is 4. The third kappa shape index (κ3) is 14.0. The predicted molar refractivity (Wildman–Crippen MR) is 283 cm³/mol. The Kier molecular flexibility index (Phi) is 18.2. The van der Waals surface area contributed by atoms with Crippen LogP contribution in [-0.2, 0) is 54.5 Å². The van der Waals surface area contributed by atoms with Crippen molar-refractivity contribution in [2.45, 2.75) is 77.1 Å². The van der Waals surface area contributed by atoms with Gasteiger partial charge < -0.3 is 44.9 Å². The van der Waals surface area contributed by atoms with E-state index in [1.807, 2.05) is 38.1 Å². The van der Waals surface area contributed by atoms with Gasteiger partial charge in [-0.25, -0.2) is 18.2 Å². The number of aliphatic hydroxyl groups is 1. The summed E-state index contributed by atoms with van der Waals surface area (Å²) in [4.78, 5) is 73.1. The Bertz CT molecular complexity index is 3180. The number of fused-ring (bicyclic) bond motifs is 1. The van der Waals surface area contributed by atoms with Gasteiger partial charge in [-0.05, 0) is 66.3 Å². The van der Waals surface area contributed by atoms with Gasteiger partial charge in [0.1, 0.15) is 30.2 Å². The van der Waals surface area contributed by atoms with Gasteiger partial charge in [-0.2, -0.15) is 0 Å². The maximum atomic E-state index is 14.0. The number of likely N-dealkylation sites (tertiary alicyclic amines) is 1. The average Bonchev–Trinajstić information content (AvgIpc) is 4.06. The van der Waals surface area contributed by atoms with E-state index in [9.17, 15) is 37.5 Å². The molecular formula is C53H64N8O12S2. The maximum Gasteiger partial charge on any atom is 0.328 e. The fraction of sp³-hybridized carbons (Fsp3) is 0.396. The van der Waals surface area contributed by atoms with E-state index >= 15 is 0 Å². The van der Waals surface area contributed by atoms with Crippen molar-refractivity contribution >= 4 is 61.7 Å². The normalized spacial score (nSPS) is 15.1. The van der Waals surface area contributed by atoms with Gasteiger partial charge in [0, 0.05) is 57.8 Å². The molecule has 7 rings (SSSR count). The highest BCUT2D eigenvalue weighted by Crippen LogP contribution is 2.36. The summed E-state index contributed by atoms with van der Waals surface area (Å²) >= 11 is 1.55. The van der Waals surface area contributed by atoms with E-state index in [-0.39, 0.29) is 80.1 Å².